The van der Waals surface area contributed by atoms with Gasteiger partial charge in [-0.2, -0.15) is 0 Å². The highest BCUT2D eigenvalue weighted by molar-refractivity contribution is 5.97. The van der Waals surface area contributed by atoms with E-state index in [1.54, 1.807) is 24.3 Å². The molecule has 0 radical (unpaired) electrons. The van der Waals surface area contributed by atoms with E-state index < -0.39 is 0 Å². The Balaban J connectivity index is 1.90. The minimum atomic E-state index is -0.358. The van der Waals surface area contributed by atoms with Crippen molar-refractivity contribution in [3.8, 4) is 0 Å². The zero-order chi connectivity index (χ0) is 15.5. The van der Waals surface area contributed by atoms with Crippen LogP contribution in [0.2, 0.25) is 0 Å². The zero-order valence-corrected chi connectivity index (χ0v) is 12.7. The molecule has 21 heavy (non-hydrogen) atoms. The van der Waals surface area contributed by atoms with E-state index in [4.69, 9.17) is 4.74 Å². The van der Waals surface area contributed by atoms with Crippen molar-refractivity contribution in [2.75, 3.05) is 11.9 Å². The van der Waals surface area contributed by atoms with Gasteiger partial charge in [-0.05, 0) is 51.8 Å². The lowest BCUT2D eigenvalue weighted by Crippen LogP contribution is -2.27. The van der Waals surface area contributed by atoms with Crippen LogP contribution in [0.5, 0.6) is 0 Å². The summed E-state index contributed by atoms with van der Waals surface area (Å²) in [4.78, 5) is 23.7. The van der Waals surface area contributed by atoms with Crippen LogP contribution in [0.25, 0.3) is 0 Å². The summed E-state index contributed by atoms with van der Waals surface area (Å²) >= 11 is 0. The Kier molecular flexibility index (Phi) is 4.63. The standard InChI is InChI=1S/C16H22N2O3/c1-16(2,3)21-10-14(19)17-13-6-4-5-11(9-13)15(20)18-12-7-8-12/h4-6,9,12H,7-8,10H2,1-3H3,(H,17,19)(H,18,20). The van der Waals surface area contributed by atoms with Gasteiger partial charge in [-0.15, -0.1) is 0 Å². The molecule has 0 aromatic heterocycles. The van der Waals surface area contributed by atoms with Crippen LogP contribution in [0.3, 0.4) is 0 Å². The van der Waals surface area contributed by atoms with E-state index in [-0.39, 0.29) is 24.0 Å². The number of nitrogens with one attached hydrogen (secondary N) is 2. The van der Waals surface area contributed by atoms with Crippen molar-refractivity contribution in [3.63, 3.8) is 0 Å². The Bertz CT molecular complexity index is 531. The van der Waals surface area contributed by atoms with Gasteiger partial charge < -0.3 is 15.4 Å². The molecule has 0 heterocycles. The van der Waals surface area contributed by atoms with E-state index in [0.29, 0.717) is 17.3 Å². The van der Waals surface area contributed by atoms with Gasteiger partial charge in [0.1, 0.15) is 6.61 Å². The molecule has 1 aromatic carbocycles. The quantitative estimate of drug-likeness (QED) is 0.874. The molecule has 2 N–H and O–H groups in total. The normalized spacial score (nSPS) is 14.6. The van der Waals surface area contributed by atoms with Crippen LogP contribution in [-0.4, -0.2) is 30.1 Å². The molecule has 2 rings (SSSR count). The number of anilines is 1. The second kappa shape index (κ2) is 6.26. The Morgan fingerprint density at radius 2 is 2.00 bits per heavy atom. The van der Waals surface area contributed by atoms with Gasteiger partial charge in [0.15, 0.2) is 0 Å². The van der Waals surface area contributed by atoms with Crippen LogP contribution in [0, 0.1) is 0 Å². The molecule has 1 aromatic rings. The molecule has 114 valence electrons. The number of amides is 2. The second-order valence-electron chi connectivity index (χ2n) is 6.28. The van der Waals surface area contributed by atoms with Crippen molar-refractivity contribution in [2.45, 2.75) is 45.3 Å². The summed E-state index contributed by atoms with van der Waals surface area (Å²) in [5.41, 5.74) is 0.793. The summed E-state index contributed by atoms with van der Waals surface area (Å²) in [6, 6.07) is 7.23. The van der Waals surface area contributed by atoms with Crippen LogP contribution >= 0.6 is 0 Å². The predicted molar refractivity (Wildman–Crippen MR) is 81.3 cm³/mol. The fourth-order valence-electron chi connectivity index (χ4n) is 1.71. The smallest absolute Gasteiger partial charge is 0.251 e. The number of hydrogen-bond acceptors (Lipinski definition) is 3. The molecule has 1 aliphatic carbocycles. The molecular weight excluding hydrogens is 268 g/mol. The molecule has 5 heteroatoms. The highest BCUT2D eigenvalue weighted by Gasteiger charge is 2.23. The highest BCUT2D eigenvalue weighted by Crippen LogP contribution is 2.20. The fourth-order valence-corrected chi connectivity index (χ4v) is 1.71. The number of carbonyl (C=O) groups excluding carboxylic acids is 2. The summed E-state index contributed by atoms with van der Waals surface area (Å²) in [6.07, 6.45) is 2.10. The third-order valence-electron chi connectivity index (χ3n) is 2.96. The van der Waals surface area contributed by atoms with Gasteiger partial charge in [0.05, 0.1) is 5.60 Å². The van der Waals surface area contributed by atoms with Crippen LogP contribution in [-0.2, 0) is 9.53 Å². The highest BCUT2D eigenvalue weighted by atomic mass is 16.5. The third kappa shape index (κ3) is 5.55. The van der Waals surface area contributed by atoms with Crippen molar-refractivity contribution in [2.24, 2.45) is 0 Å². The van der Waals surface area contributed by atoms with Gasteiger partial charge in [-0.1, -0.05) is 6.07 Å². The Labute approximate surface area is 125 Å². The van der Waals surface area contributed by atoms with E-state index in [2.05, 4.69) is 10.6 Å². The molecule has 2 amide bonds. The summed E-state index contributed by atoms with van der Waals surface area (Å²) in [5.74, 6) is -0.329. The van der Waals surface area contributed by atoms with Gasteiger partial charge >= 0.3 is 0 Å². The minimum absolute atomic E-state index is 0.0119. The lowest BCUT2D eigenvalue weighted by atomic mass is 10.2. The minimum Gasteiger partial charge on any atom is -0.366 e. The number of hydrogen-bond donors (Lipinski definition) is 2. The molecule has 5 nitrogen and oxygen atoms in total. The first-order valence-electron chi connectivity index (χ1n) is 7.18. The molecule has 0 aliphatic heterocycles. The Morgan fingerprint density at radius 1 is 1.29 bits per heavy atom. The van der Waals surface area contributed by atoms with Crippen LogP contribution in [0.1, 0.15) is 44.0 Å². The van der Waals surface area contributed by atoms with Gasteiger partial charge in [-0.3, -0.25) is 9.59 Å². The molecule has 0 spiro atoms. The molecule has 0 bridgehead atoms. The predicted octanol–water partition coefficient (Wildman–Crippen LogP) is 2.33. The summed E-state index contributed by atoms with van der Waals surface area (Å²) in [6.45, 7) is 5.66. The summed E-state index contributed by atoms with van der Waals surface area (Å²) < 4.78 is 5.41. The molecule has 1 saturated carbocycles. The SMILES string of the molecule is CC(C)(C)OCC(=O)Nc1cccc(C(=O)NC2CC2)c1. The number of carbonyl (C=O) groups is 2. The Hall–Kier alpha value is -1.88. The first-order chi connectivity index (χ1) is 9.83. The van der Waals surface area contributed by atoms with Crippen molar-refractivity contribution >= 4 is 17.5 Å². The Morgan fingerprint density at radius 3 is 2.62 bits per heavy atom. The third-order valence-corrected chi connectivity index (χ3v) is 2.96. The van der Waals surface area contributed by atoms with Gasteiger partial charge in [-0.25, -0.2) is 0 Å². The molecule has 1 aliphatic rings. The average molecular weight is 290 g/mol. The van der Waals surface area contributed by atoms with Gasteiger partial charge in [0.25, 0.3) is 5.91 Å². The molecule has 1 fully saturated rings. The van der Waals surface area contributed by atoms with E-state index in [9.17, 15) is 9.59 Å². The lowest BCUT2D eigenvalue weighted by Gasteiger charge is -2.19. The molecule has 0 unspecified atom stereocenters. The average Bonchev–Trinajstić information content (AvgIpc) is 3.20. The maximum atomic E-state index is 11.9. The molecular formula is C16H22N2O3. The van der Waals surface area contributed by atoms with E-state index in [0.717, 1.165) is 12.8 Å². The van der Waals surface area contributed by atoms with Crippen molar-refractivity contribution < 1.29 is 14.3 Å². The summed E-state index contributed by atoms with van der Waals surface area (Å²) in [7, 11) is 0. The number of ether oxygens (including phenoxy) is 1. The second-order valence-corrected chi connectivity index (χ2v) is 6.28. The maximum absolute atomic E-state index is 11.9. The first kappa shape index (κ1) is 15.5. The van der Waals surface area contributed by atoms with Crippen LogP contribution in [0.4, 0.5) is 5.69 Å². The number of rotatable bonds is 5. The maximum Gasteiger partial charge on any atom is 0.251 e. The fraction of sp³-hybridized carbons (Fsp3) is 0.500. The van der Waals surface area contributed by atoms with Gasteiger partial charge in [0.2, 0.25) is 5.91 Å². The number of benzene rings is 1. The van der Waals surface area contributed by atoms with Gasteiger partial charge in [0, 0.05) is 17.3 Å². The van der Waals surface area contributed by atoms with E-state index >= 15 is 0 Å². The van der Waals surface area contributed by atoms with Crippen molar-refractivity contribution in [1.29, 1.82) is 0 Å². The van der Waals surface area contributed by atoms with Crippen molar-refractivity contribution in [1.82, 2.24) is 5.32 Å². The first-order valence-corrected chi connectivity index (χ1v) is 7.18. The van der Waals surface area contributed by atoms with Crippen molar-refractivity contribution in [3.05, 3.63) is 29.8 Å². The lowest BCUT2D eigenvalue weighted by molar-refractivity contribution is -0.125. The summed E-state index contributed by atoms with van der Waals surface area (Å²) in [5, 5.41) is 5.65. The topological polar surface area (TPSA) is 67.4 Å². The largest absolute Gasteiger partial charge is 0.366 e. The van der Waals surface area contributed by atoms with Crippen LogP contribution < -0.4 is 10.6 Å². The molecule has 0 saturated heterocycles. The van der Waals surface area contributed by atoms with E-state index in [1.807, 2.05) is 20.8 Å². The van der Waals surface area contributed by atoms with E-state index in [1.165, 1.54) is 0 Å². The molecule has 0 atom stereocenters. The monoisotopic (exact) mass is 290 g/mol. The van der Waals surface area contributed by atoms with Crippen LogP contribution in [0.15, 0.2) is 24.3 Å². The zero-order valence-electron chi connectivity index (χ0n) is 12.7.